The number of ether oxygens (including phenoxy) is 1. The first kappa shape index (κ1) is 18.9. The topological polar surface area (TPSA) is 88.8 Å². The van der Waals surface area contributed by atoms with Gasteiger partial charge in [0.25, 0.3) is 5.78 Å². The first-order valence-corrected chi connectivity index (χ1v) is 8.28. The van der Waals surface area contributed by atoms with Crippen molar-refractivity contribution in [1.82, 2.24) is 4.57 Å². The summed E-state index contributed by atoms with van der Waals surface area (Å²) in [5.41, 5.74) is 1.15. The van der Waals surface area contributed by atoms with Crippen molar-refractivity contribution in [1.29, 1.82) is 0 Å². The number of ketones is 1. The zero-order valence-electron chi connectivity index (χ0n) is 14.6. The van der Waals surface area contributed by atoms with Crippen LogP contribution in [0.15, 0.2) is 72.9 Å². The van der Waals surface area contributed by atoms with Gasteiger partial charge in [-0.2, -0.15) is 0 Å². The van der Waals surface area contributed by atoms with Gasteiger partial charge in [0.2, 0.25) is 0 Å². The Balaban J connectivity index is 1.78. The number of hydrogen-bond donors (Lipinski definition) is 2. The summed E-state index contributed by atoms with van der Waals surface area (Å²) in [7, 11) is 0. The van der Waals surface area contributed by atoms with Gasteiger partial charge in [-0.1, -0.05) is 12.1 Å². The Morgan fingerprint density at radius 2 is 1.75 bits per heavy atom. The average Bonchev–Trinajstić information content (AvgIpc) is 3.12. The molecule has 0 aliphatic rings. The molecule has 2 N–H and O–H groups in total. The summed E-state index contributed by atoms with van der Waals surface area (Å²) in [6.45, 7) is 0.349. The highest BCUT2D eigenvalue weighted by Crippen LogP contribution is 2.23. The largest absolute Gasteiger partial charge is 0.506 e. The third-order valence-corrected chi connectivity index (χ3v) is 3.87. The van der Waals surface area contributed by atoms with Crippen LogP contribution in [0.3, 0.4) is 0 Å². The van der Waals surface area contributed by atoms with Gasteiger partial charge in [-0.15, -0.1) is 0 Å². The van der Waals surface area contributed by atoms with Crippen LogP contribution in [0.1, 0.15) is 11.3 Å². The van der Waals surface area contributed by atoms with Gasteiger partial charge in [0.1, 0.15) is 23.1 Å². The highest BCUT2D eigenvalue weighted by molar-refractivity contribution is 6.38. The summed E-state index contributed by atoms with van der Waals surface area (Å²) in [6.07, 6.45) is 2.36. The van der Waals surface area contributed by atoms with E-state index in [1.807, 2.05) is 6.07 Å². The molecule has 0 aliphatic carbocycles. The van der Waals surface area contributed by atoms with Crippen LogP contribution in [0.25, 0.3) is 5.76 Å². The monoisotopic (exact) mass is 381 g/mol. The van der Waals surface area contributed by atoms with Crippen molar-refractivity contribution < 1.29 is 28.9 Å². The molecule has 28 heavy (non-hydrogen) atoms. The first-order chi connectivity index (χ1) is 13.4. The van der Waals surface area contributed by atoms with Gasteiger partial charge < -0.3 is 19.5 Å². The zero-order chi connectivity index (χ0) is 20.1. The normalized spacial score (nSPS) is 11.2. The molecule has 0 spiro atoms. The van der Waals surface area contributed by atoms with Crippen molar-refractivity contribution in [2.45, 2.75) is 6.54 Å². The number of aliphatic hydroxyl groups is 1. The predicted octanol–water partition coefficient (Wildman–Crippen LogP) is 4.02. The second kappa shape index (κ2) is 8.22. The van der Waals surface area contributed by atoms with Gasteiger partial charge in [-0.25, -0.2) is 9.18 Å². The molecule has 7 heteroatoms. The van der Waals surface area contributed by atoms with Crippen LogP contribution in [-0.4, -0.2) is 26.5 Å². The van der Waals surface area contributed by atoms with E-state index in [4.69, 9.17) is 9.84 Å². The van der Waals surface area contributed by atoms with Crippen LogP contribution in [-0.2, 0) is 16.1 Å². The van der Waals surface area contributed by atoms with Crippen LogP contribution < -0.4 is 4.74 Å². The number of aliphatic hydroxyl groups excluding tert-OH is 1. The maximum atomic E-state index is 13.0. The standard InChI is InChI=1S/C21H16FNO5/c22-15-6-8-16(9-7-15)28-17-4-1-3-14(11-17)13-23-10-2-5-18(23)19(24)12-20(25)21(26)27/h1-12,24H,13H2,(H,26,27)/b19-12-. The maximum absolute atomic E-state index is 13.0. The number of nitrogens with zero attached hydrogens (tertiary/aromatic N) is 1. The lowest BCUT2D eigenvalue weighted by atomic mass is 10.2. The highest BCUT2D eigenvalue weighted by atomic mass is 19.1. The van der Waals surface area contributed by atoms with E-state index in [0.717, 1.165) is 5.56 Å². The molecule has 0 unspecified atom stereocenters. The molecule has 3 rings (SSSR count). The number of hydrogen-bond acceptors (Lipinski definition) is 4. The van der Waals surface area contributed by atoms with Gasteiger partial charge >= 0.3 is 5.97 Å². The van der Waals surface area contributed by atoms with Gasteiger partial charge in [0, 0.05) is 18.8 Å². The molecule has 1 heterocycles. The quantitative estimate of drug-likeness (QED) is 0.367. The molecule has 0 atom stereocenters. The fraction of sp³-hybridized carbons (Fsp3) is 0.0476. The second-order valence-corrected chi connectivity index (χ2v) is 5.92. The number of carboxylic acid groups (broad SMARTS) is 1. The molecule has 2 aromatic carbocycles. The Bertz CT molecular complexity index is 1040. The molecule has 0 aliphatic heterocycles. The first-order valence-electron chi connectivity index (χ1n) is 8.28. The van der Waals surface area contributed by atoms with Crippen LogP contribution in [0.2, 0.25) is 0 Å². The van der Waals surface area contributed by atoms with Crippen molar-refractivity contribution in [2.75, 3.05) is 0 Å². The van der Waals surface area contributed by atoms with E-state index in [1.54, 1.807) is 41.1 Å². The SMILES string of the molecule is O=C(O)C(=O)/C=C(\O)c1cccn1Cc1cccc(Oc2ccc(F)cc2)c1. The molecular formula is C21H16FNO5. The summed E-state index contributed by atoms with van der Waals surface area (Å²) in [6, 6.07) is 16.1. The number of carbonyl (C=O) groups is 2. The minimum absolute atomic E-state index is 0.305. The minimum Gasteiger partial charge on any atom is -0.506 e. The van der Waals surface area contributed by atoms with E-state index in [-0.39, 0.29) is 5.82 Å². The van der Waals surface area contributed by atoms with Gasteiger partial charge in [-0.05, 0) is 54.1 Å². The Morgan fingerprint density at radius 3 is 2.46 bits per heavy atom. The van der Waals surface area contributed by atoms with Crippen LogP contribution in [0.5, 0.6) is 11.5 Å². The summed E-state index contributed by atoms with van der Waals surface area (Å²) < 4.78 is 20.4. The van der Waals surface area contributed by atoms with Gasteiger partial charge in [0.05, 0.1) is 5.69 Å². The van der Waals surface area contributed by atoms with Crippen molar-refractivity contribution in [3.63, 3.8) is 0 Å². The van der Waals surface area contributed by atoms with Crippen molar-refractivity contribution in [2.24, 2.45) is 0 Å². The van der Waals surface area contributed by atoms with E-state index in [2.05, 4.69) is 0 Å². The molecule has 142 valence electrons. The Kier molecular flexibility index (Phi) is 5.55. The Labute approximate surface area is 159 Å². The van der Waals surface area contributed by atoms with Crippen LogP contribution in [0, 0.1) is 5.82 Å². The molecule has 0 saturated carbocycles. The lowest BCUT2D eigenvalue weighted by molar-refractivity contribution is -0.146. The van der Waals surface area contributed by atoms with Gasteiger partial charge in [0.15, 0.2) is 0 Å². The summed E-state index contributed by atoms with van der Waals surface area (Å²) in [4.78, 5) is 21.9. The van der Waals surface area contributed by atoms with Crippen LogP contribution >= 0.6 is 0 Å². The van der Waals surface area contributed by atoms with E-state index < -0.39 is 17.5 Å². The molecule has 0 saturated heterocycles. The minimum atomic E-state index is -1.64. The smallest absolute Gasteiger partial charge is 0.376 e. The van der Waals surface area contributed by atoms with E-state index in [9.17, 15) is 19.1 Å². The van der Waals surface area contributed by atoms with E-state index >= 15 is 0 Å². The second-order valence-electron chi connectivity index (χ2n) is 5.92. The van der Waals surface area contributed by atoms with Gasteiger partial charge in [-0.3, -0.25) is 4.79 Å². The fourth-order valence-corrected chi connectivity index (χ4v) is 2.59. The summed E-state index contributed by atoms with van der Waals surface area (Å²) in [5.74, 6) is -2.59. The number of benzene rings is 2. The third-order valence-electron chi connectivity index (χ3n) is 3.87. The Hall–Kier alpha value is -3.87. The number of halogens is 1. The van der Waals surface area contributed by atoms with E-state index in [0.29, 0.717) is 29.8 Å². The lowest BCUT2D eigenvalue weighted by Crippen LogP contribution is -2.10. The molecule has 0 fully saturated rings. The molecule has 0 bridgehead atoms. The molecule has 3 aromatic rings. The summed E-state index contributed by atoms with van der Waals surface area (Å²) in [5, 5.41) is 18.7. The number of carbonyl (C=O) groups excluding carboxylic acids is 1. The van der Waals surface area contributed by atoms with Crippen molar-refractivity contribution in [3.8, 4) is 11.5 Å². The number of aliphatic carboxylic acids is 1. The number of rotatable bonds is 7. The van der Waals surface area contributed by atoms with E-state index in [1.165, 1.54) is 24.3 Å². The fourth-order valence-electron chi connectivity index (χ4n) is 2.59. The summed E-state index contributed by atoms with van der Waals surface area (Å²) >= 11 is 0. The number of aromatic nitrogens is 1. The number of carboxylic acids is 1. The predicted molar refractivity (Wildman–Crippen MR) is 99.7 cm³/mol. The molecule has 1 aromatic heterocycles. The molecule has 0 amide bonds. The molecule has 0 radical (unpaired) electrons. The van der Waals surface area contributed by atoms with Crippen molar-refractivity contribution >= 4 is 17.5 Å². The lowest BCUT2D eigenvalue weighted by Gasteiger charge is -2.11. The van der Waals surface area contributed by atoms with Crippen molar-refractivity contribution in [3.05, 3.63) is 90.0 Å². The zero-order valence-corrected chi connectivity index (χ0v) is 14.6. The maximum Gasteiger partial charge on any atom is 0.376 e. The van der Waals surface area contributed by atoms with Crippen LogP contribution in [0.4, 0.5) is 4.39 Å². The molecular weight excluding hydrogens is 365 g/mol. The average molecular weight is 381 g/mol. The highest BCUT2D eigenvalue weighted by Gasteiger charge is 2.13. The third kappa shape index (κ3) is 4.64. The Morgan fingerprint density at radius 1 is 1.00 bits per heavy atom. The molecule has 6 nitrogen and oxygen atoms in total.